The molecule has 0 spiro atoms. The molecule has 6 heteroatoms. The van der Waals surface area contributed by atoms with Crippen LogP contribution in [0.1, 0.15) is 17.8 Å². The van der Waals surface area contributed by atoms with Crippen LogP contribution >= 0.6 is 45.8 Å². The highest BCUT2D eigenvalue weighted by Gasteiger charge is 2.16. The number of alkyl halides is 3. The van der Waals surface area contributed by atoms with Crippen molar-refractivity contribution in [2.75, 3.05) is 0 Å². The molecule has 0 aliphatic rings. The van der Waals surface area contributed by atoms with E-state index in [1.54, 1.807) is 22.6 Å². The monoisotopic (exact) mass is 337 g/mol. The molecule has 72 valence electrons. The van der Waals surface area contributed by atoms with E-state index in [1.807, 2.05) is 0 Å². The summed E-state index contributed by atoms with van der Waals surface area (Å²) in [6, 6.07) is 1.49. The van der Waals surface area contributed by atoms with Gasteiger partial charge in [0.1, 0.15) is 5.69 Å². The molecule has 0 N–H and O–H groups in total. The number of rotatable bonds is 2. The van der Waals surface area contributed by atoms with Crippen molar-refractivity contribution in [2.24, 2.45) is 0 Å². The van der Waals surface area contributed by atoms with Crippen LogP contribution in [0, 0.1) is 3.57 Å². The molecule has 1 aromatic rings. The van der Waals surface area contributed by atoms with E-state index in [0.717, 1.165) is 0 Å². The highest BCUT2D eigenvalue weighted by Crippen LogP contribution is 2.29. The van der Waals surface area contributed by atoms with E-state index >= 15 is 0 Å². The Kier molecular flexibility index (Phi) is 4.12. The Morgan fingerprint density at radius 1 is 1.54 bits per heavy atom. The quantitative estimate of drug-likeness (QED) is 0.587. The van der Waals surface area contributed by atoms with Gasteiger partial charge in [-0.2, -0.15) is 0 Å². The van der Waals surface area contributed by atoms with Gasteiger partial charge in [0.05, 0.1) is 20.2 Å². The highest BCUT2D eigenvalue weighted by molar-refractivity contribution is 14.1. The van der Waals surface area contributed by atoms with E-state index in [9.17, 15) is 8.78 Å². The van der Waals surface area contributed by atoms with Crippen molar-refractivity contribution in [1.82, 2.24) is 4.98 Å². The van der Waals surface area contributed by atoms with Gasteiger partial charge < -0.3 is 0 Å². The number of pyridine rings is 1. The van der Waals surface area contributed by atoms with Gasteiger partial charge in [-0.15, -0.1) is 11.6 Å². The van der Waals surface area contributed by atoms with Crippen LogP contribution in [0.4, 0.5) is 8.78 Å². The molecule has 0 amide bonds. The third-order valence-corrected chi connectivity index (χ3v) is 3.36. The van der Waals surface area contributed by atoms with Gasteiger partial charge in [0.2, 0.25) is 0 Å². The molecule has 0 aliphatic carbocycles. The van der Waals surface area contributed by atoms with Gasteiger partial charge in [0.15, 0.2) is 0 Å². The van der Waals surface area contributed by atoms with Gasteiger partial charge in [-0.1, -0.05) is 11.6 Å². The summed E-state index contributed by atoms with van der Waals surface area (Å²) >= 11 is 12.9. The Bertz CT molecular complexity index is 320. The van der Waals surface area contributed by atoms with Crippen molar-refractivity contribution >= 4 is 45.8 Å². The molecule has 0 fully saturated rings. The highest BCUT2D eigenvalue weighted by atomic mass is 127. The van der Waals surface area contributed by atoms with Crippen molar-refractivity contribution in [3.05, 3.63) is 26.0 Å². The third-order valence-electron chi connectivity index (χ3n) is 1.34. The van der Waals surface area contributed by atoms with Gasteiger partial charge in [0.25, 0.3) is 6.43 Å². The molecule has 1 aromatic heterocycles. The Labute approximate surface area is 97.6 Å². The van der Waals surface area contributed by atoms with Crippen LogP contribution in [0.15, 0.2) is 6.07 Å². The Morgan fingerprint density at radius 2 is 2.15 bits per heavy atom. The second-order valence-corrected chi connectivity index (χ2v) is 3.98. The number of halogens is 5. The largest absolute Gasteiger partial charge is 0.281 e. The van der Waals surface area contributed by atoms with E-state index in [-0.39, 0.29) is 20.2 Å². The lowest BCUT2D eigenvalue weighted by molar-refractivity contribution is 0.145. The van der Waals surface area contributed by atoms with Crippen LogP contribution in [0.25, 0.3) is 0 Å². The van der Waals surface area contributed by atoms with Crippen molar-refractivity contribution < 1.29 is 8.78 Å². The van der Waals surface area contributed by atoms with Gasteiger partial charge in [-0.25, -0.2) is 13.8 Å². The van der Waals surface area contributed by atoms with Gasteiger partial charge >= 0.3 is 0 Å². The Balaban J connectivity index is 3.25. The molecule has 1 rings (SSSR count). The Hall–Kier alpha value is 0.320. The summed E-state index contributed by atoms with van der Waals surface area (Å²) < 4.78 is 25.0. The topological polar surface area (TPSA) is 12.9 Å². The van der Waals surface area contributed by atoms with Gasteiger partial charge in [-0.3, -0.25) is 0 Å². The maximum atomic E-state index is 12.4. The van der Waals surface area contributed by atoms with Crippen molar-refractivity contribution in [3.8, 4) is 0 Å². The predicted molar refractivity (Wildman–Crippen MR) is 56.5 cm³/mol. The van der Waals surface area contributed by atoms with Crippen LogP contribution in [-0.4, -0.2) is 4.98 Å². The summed E-state index contributed by atoms with van der Waals surface area (Å²) in [5.74, 6) is 0.0797. The first-order valence-electron chi connectivity index (χ1n) is 3.25. The van der Waals surface area contributed by atoms with Crippen LogP contribution in [-0.2, 0) is 5.88 Å². The first-order chi connectivity index (χ1) is 6.06. The zero-order valence-corrected chi connectivity index (χ0v) is 9.87. The minimum atomic E-state index is -2.62. The lowest BCUT2D eigenvalue weighted by atomic mass is 10.3. The smallest absolute Gasteiger partial charge is 0.249 e. The van der Waals surface area contributed by atoms with Crippen molar-refractivity contribution in [3.63, 3.8) is 0 Å². The van der Waals surface area contributed by atoms with E-state index in [1.165, 1.54) is 6.07 Å². The zero-order valence-electron chi connectivity index (χ0n) is 6.20. The molecule has 0 aromatic carbocycles. The van der Waals surface area contributed by atoms with Crippen LogP contribution in [0.3, 0.4) is 0 Å². The SMILES string of the molecule is FC(F)c1nc(CCl)cc(Cl)c1I. The van der Waals surface area contributed by atoms with Gasteiger partial charge in [0, 0.05) is 0 Å². The number of nitrogens with zero attached hydrogens (tertiary/aromatic N) is 1. The maximum Gasteiger partial charge on any atom is 0.281 e. The predicted octanol–water partition coefficient (Wildman–Crippen LogP) is 4.02. The molecule has 0 atom stereocenters. The number of aromatic nitrogens is 1. The van der Waals surface area contributed by atoms with Crippen LogP contribution < -0.4 is 0 Å². The van der Waals surface area contributed by atoms with Gasteiger partial charge in [-0.05, 0) is 28.7 Å². The fourth-order valence-electron chi connectivity index (χ4n) is 0.781. The molecule has 0 radical (unpaired) electrons. The average molecular weight is 338 g/mol. The standard InChI is InChI=1S/C7H4Cl2F2IN/c8-2-3-1-4(9)5(12)6(13-3)7(10)11/h1,7H,2H2. The average Bonchev–Trinajstić information content (AvgIpc) is 2.09. The van der Waals surface area contributed by atoms with E-state index in [4.69, 9.17) is 23.2 Å². The molecule has 0 unspecified atom stereocenters. The summed E-state index contributed by atoms with van der Waals surface area (Å²) in [5, 5.41) is 0.265. The fraction of sp³-hybridized carbons (Fsp3) is 0.286. The normalized spacial score (nSPS) is 10.9. The molecular weight excluding hydrogens is 334 g/mol. The number of hydrogen-bond acceptors (Lipinski definition) is 1. The minimum absolute atomic E-state index is 0.0797. The van der Waals surface area contributed by atoms with Crippen molar-refractivity contribution in [2.45, 2.75) is 12.3 Å². The molecule has 1 nitrogen and oxygen atoms in total. The summed E-state index contributed by atoms with van der Waals surface area (Å²) in [4.78, 5) is 3.68. The molecular formula is C7H4Cl2F2IN. The van der Waals surface area contributed by atoms with E-state index < -0.39 is 6.43 Å². The zero-order chi connectivity index (χ0) is 10.0. The van der Waals surface area contributed by atoms with Crippen LogP contribution in [0.5, 0.6) is 0 Å². The summed E-state index contributed by atoms with van der Waals surface area (Å²) in [7, 11) is 0. The molecule has 0 saturated heterocycles. The molecule has 0 aliphatic heterocycles. The first-order valence-corrected chi connectivity index (χ1v) is 5.24. The summed E-state index contributed by atoms with van der Waals surface area (Å²) in [5.41, 5.74) is 0.0612. The molecule has 1 heterocycles. The molecule has 13 heavy (non-hydrogen) atoms. The Morgan fingerprint density at radius 3 is 2.62 bits per heavy atom. The van der Waals surface area contributed by atoms with E-state index in [2.05, 4.69) is 4.98 Å². The lowest BCUT2D eigenvalue weighted by Crippen LogP contribution is -1.98. The molecule has 0 bridgehead atoms. The van der Waals surface area contributed by atoms with Crippen LogP contribution in [0.2, 0.25) is 5.02 Å². The first kappa shape index (κ1) is 11.4. The lowest BCUT2D eigenvalue weighted by Gasteiger charge is -2.06. The fourth-order valence-corrected chi connectivity index (χ4v) is 1.65. The van der Waals surface area contributed by atoms with Crippen molar-refractivity contribution in [1.29, 1.82) is 0 Å². The summed E-state index contributed by atoms with van der Waals surface area (Å²) in [6.07, 6.45) is -2.62. The maximum absolute atomic E-state index is 12.4. The second kappa shape index (κ2) is 4.70. The second-order valence-electron chi connectivity index (χ2n) is 2.23. The third kappa shape index (κ3) is 2.63. The van der Waals surface area contributed by atoms with E-state index in [0.29, 0.717) is 5.69 Å². The number of hydrogen-bond donors (Lipinski definition) is 0. The summed E-state index contributed by atoms with van der Waals surface area (Å²) in [6.45, 7) is 0. The molecule has 0 saturated carbocycles. The minimum Gasteiger partial charge on any atom is -0.249 e.